The van der Waals surface area contributed by atoms with Crippen LogP contribution in [-0.4, -0.2) is 26.8 Å². The van der Waals surface area contributed by atoms with Crippen molar-refractivity contribution in [2.75, 3.05) is 0 Å². The molecule has 1 atom stereocenters. The molecule has 1 unspecified atom stereocenters. The third kappa shape index (κ3) is 4.96. The van der Waals surface area contributed by atoms with Gasteiger partial charge in [0.25, 0.3) is 5.91 Å². The van der Waals surface area contributed by atoms with Gasteiger partial charge >= 0.3 is 5.97 Å². The summed E-state index contributed by atoms with van der Waals surface area (Å²) in [6.07, 6.45) is 1.35. The minimum Gasteiger partial charge on any atom is -0.481 e. The van der Waals surface area contributed by atoms with E-state index in [9.17, 15) is 14.7 Å². The number of carbonyl (C=O) groups excluding carboxylic acids is 1. The number of amides is 1. The van der Waals surface area contributed by atoms with Crippen molar-refractivity contribution in [2.45, 2.75) is 65.5 Å². The van der Waals surface area contributed by atoms with E-state index in [0.717, 1.165) is 16.8 Å². The molecule has 2 rings (SSSR count). The maximum atomic E-state index is 12.7. The Morgan fingerprint density at radius 3 is 2.22 bits per heavy atom. The first-order valence-electron chi connectivity index (χ1n) is 9.18. The van der Waals surface area contributed by atoms with Crippen molar-refractivity contribution in [3.63, 3.8) is 0 Å². The van der Waals surface area contributed by atoms with Gasteiger partial charge in [-0.2, -0.15) is 5.10 Å². The Balaban J connectivity index is 2.27. The molecule has 6 nitrogen and oxygen atoms in total. The molecule has 1 heterocycles. The number of carbonyl (C=O) groups is 2. The second-order valence-electron chi connectivity index (χ2n) is 8.18. The molecule has 1 aromatic heterocycles. The number of nitrogens with one attached hydrogen (secondary N) is 1. The van der Waals surface area contributed by atoms with Crippen LogP contribution in [0.4, 0.5) is 0 Å². The van der Waals surface area contributed by atoms with Gasteiger partial charge in [-0.05, 0) is 37.3 Å². The number of rotatable bonds is 6. The van der Waals surface area contributed by atoms with Crippen LogP contribution in [-0.2, 0) is 10.2 Å². The molecule has 0 saturated carbocycles. The first kappa shape index (κ1) is 20.7. The lowest BCUT2D eigenvalue weighted by Gasteiger charge is -2.22. The summed E-state index contributed by atoms with van der Waals surface area (Å²) in [7, 11) is 0. The van der Waals surface area contributed by atoms with E-state index in [1.807, 2.05) is 45.0 Å². The van der Waals surface area contributed by atoms with Gasteiger partial charge in [-0.25, -0.2) is 0 Å². The van der Waals surface area contributed by atoms with Crippen LogP contribution in [0, 0.1) is 6.92 Å². The summed E-state index contributed by atoms with van der Waals surface area (Å²) in [6.45, 7) is 12.2. The molecule has 6 heteroatoms. The predicted molar refractivity (Wildman–Crippen MR) is 105 cm³/mol. The summed E-state index contributed by atoms with van der Waals surface area (Å²) >= 11 is 0. The molecule has 0 spiro atoms. The first-order chi connectivity index (χ1) is 12.5. The lowest BCUT2D eigenvalue weighted by molar-refractivity contribution is -0.137. The zero-order valence-corrected chi connectivity index (χ0v) is 16.9. The fourth-order valence-corrected chi connectivity index (χ4v) is 3.05. The fraction of sp³-hybridized carbons (Fsp3) is 0.476. The van der Waals surface area contributed by atoms with Crippen molar-refractivity contribution in [3.05, 3.63) is 52.8 Å². The molecule has 1 aromatic carbocycles. The molecule has 27 heavy (non-hydrogen) atoms. The van der Waals surface area contributed by atoms with Crippen molar-refractivity contribution in [3.8, 4) is 0 Å². The van der Waals surface area contributed by atoms with Gasteiger partial charge < -0.3 is 10.4 Å². The number of carboxylic acid groups (broad SMARTS) is 1. The Labute approximate surface area is 160 Å². The van der Waals surface area contributed by atoms with Crippen molar-refractivity contribution < 1.29 is 14.7 Å². The average molecular weight is 371 g/mol. The molecule has 0 aliphatic carbocycles. The highest BCUT2D eigenvalue weighted by molar-refractivity contribution is 5.95. The normalized spacial score (nSPS) is 12.9. The highest BCUT2D eigenvalue weighted by atomic mass is 16.4. The number of hydrogen-bond donors (Lipinski definition) is 2. The Bertz CT molecular complexity index is 814. The van der Waals surface area contributed by atoms with Crippen molar-refractivity contribution in [1.82, 2.24) is 15.1 Å². The van der Waals surface area contributed by atoms with Gasteiger partial charge in [0.05, 0.1) is 24.2 Å². The van der Waals surface area contributed by atoms with Gasteiger partial charge in [0, 0.05) is 11.7 Å². The van der Waals surface area contributed by atoms with Gasteiger partial charge in [0.1, 0.15) is 0 Å². The molecule has 0 fully saturated rings. The second kappa shape index (κ2) is 7.94. The van der Waals surface area contributed by atoms with E-state index >= 15 is 0 Å². The third-order valence-electron chi connectivity index (χ3n) is 4.64. The number of nitrogens with zero attached hydrogens (tertiary/aromatic N) is 2. The number of hydrogen-bond acceptors (Lipinski definition) is 3. The molecule has 0 radical (unpaired) electrons. The Kier molecular flexibility index (Phi) is 6.08. The second-order valence-corrected chi connectivity index (χ2v) is 8.18. The van der Waals surface area contributed by atoms with Crippen molar-refractivity contribution >= 4 is 11.9 Å². The first-order valence-corrected chi connectivity index (χ1v) is 9.18. The molecular formula is C21H29N3O3. The SMILES string of the molecule is Cc1c(C(=O)NC(CC(=O)O)c2ccc(C(C)(C)C)cc2)cnn1C(C)C. The Morgan fingerprint density at radius 1 is 1.19 bits per heavy atom. The summed E-state index contributed by atoms with van der Waals surface area (Å²) in [6, 6.07) is 7.28. The van der Waals surface area contributed by atoms with E-state index in [4.69, 9.17) is 0 Å². The molecular weight excluding hydrogens is 342 g/mol. The molecule has 0 aliphatic rings. The number of aromatic nitrogens is 2. The summed E-state index contributed by atoms with van der Waals surface area (Å²) in [4.78, 5) is 24.1. The highest BCUT2D eigenvalue weighted by Gasteiger charge is 2.23. The van der Waals surface area contributed by atoms with Gasteiger partial charge in [0.15, 0.2) is 0 Å². The molecule has 0 aliphatic heterocycles. The minimum atomic E-state index is -0.963. The molecule has 0 bridgehead atoms. The third-order valence-corrected chi connectivity index (χ3v) is 4.64. The molecule has 0 saturated heterocycles. The lowest BCUT2D eigenvalue weighted by atomic mass is 9.86. The largest absolute Gasteiger partial charge is 0.481 e. The van der Waals surface area contributed by atoms with Crippen LogP contribution in [0.5, 0.6) is 0 Å². The molecule has 2 aromatic rings. The molecule has 146 valence electrons. The summed E-state index contributed by atoms with van der Waals surface area (Å²) < 4.78 is 1.78. The number of aliphatic carboxylic acids is 1. The Morgan fingerprint density at radius 2 is 1.78 bits per heavy atom. The predicted octanol–water partition coefficient (Wildman–Crippen LogP) is 4.02. The summed E-state index contributed by atoms with van der Waals surface area (Å²) in [5, 5.41) is 16.4. The van der Waals surface area contributed by atoms with Gasteiger partial charge in [-0.1, -0.05) is 45.0 Å². The number of carboxylic acids is 1. The monoisotopic (exact) mass is 371 g/mol. The standard InChI is InChI=1S/C21H29N3O3/c1-13(2)24-14(3)17(12-22-24)20(27)23-18(11-19(25)26)15-7-9-16(10-8-15)21(4,5)6/h7-10,12-13,18H,11H2,1-6H3,(H,23,27)(H,25,26). The van der Waals surface area contributed by atoms with E-state index < -0.39 is 12.0 Å². The Hall–Kier alpha value is -2.63. The van der Waals surface area contributed by atoms with Gasteiger partial charge in [0.2, 0.25) is 0 Å². The highest BCUT2D eigenvalue weighted by Crippen LogP contribution is 2.25. The topological polar surface area (TPSA) is 84.2 Å². The zero-order valence-electron chi connectivity index (χ0n) is 16.9. The van der Waals surface area contributed by atoms with Crippen LogP contribution in [0.3, 0.4) is 0 Å². The van der Waals surface area contributed by atoms with Crippen LogP contribution in [0.2, 0.25) is 0 Å². The van der Waals surface area contributed by atoms with Crippen LogP contribution in [0.25, 0.3) is 0 Å². The fourth-order valence-electron chi connectivity index (χ4n) is 3.05. The lowest BCUT2D eigenvalue weighted by Crippen LogP contribution is -2.30. The van der Waals surface area contributed by atoms with Crippen LogP contribution in [0.15, 0.2) is 30.5 Å². The van der Waals surface area contributed by atoms with Crippen LogP contribution in [0.1, 0.15) is 80.3 Å². The van der Waals surface area contributed by atoms with Crippen LogP contribution >= 0.6 is 0 Å². The van der Waals surface area contributed by atoms with Crippen molar-refractivity contribution in [2.24, 2.45) is 0 Å². The van der Waals surface area contributed by atoms with Gasteiger partial charge in [-0.3, -0.25) is 14.3 Å². The van der Waals surface area contributed by atoms with E-state index in [2.05, 4.69) is 31.2 Å². The van der Waals surface area contributed by atoms with Gasteiger partial charge in [-0.15, -0.1) is 0 Å². The van der Waals surface area contributed by atoms with Crippen molar-refractivity contribution in [1.29, 1.82) is 0 Å². The number of benzene rings is 1. The van der Waals surface area contributed by atoms with Crippen LogP contribution < -0.4 is 5.32 Å². The summed E-state index contributed by atoms with van der Waals surface area (Å²) in [5.74, 6) is -1.28. The molecule has 1 amide bonds. The quantitative estimate of drug-likeness (QED) is 0.803. The minimum absolute atomic E-state index is 0.00656. The average Bonchev–Trinajstić information content (AvgIpc) is 2.95. The zero-order chi connectivity index (χ0) is 20.4. The van der Waals surface area contributed by atoms with E-state index in [1.54, 1.807) is 4.68 Å². The van der Waals surface area contributed by atoms with E-state index in [1.165, 1.54) is 6.20 Å². The molecule has 2 N–H and O–H groups in total. The smallest absolute Gasteiger partial charge is 0.305 e. The summed E-state index contributed by atoms with van der Waals surface area (Å²) in [5.41, 5.74) is 3.16. The van der Waals surface area contributed by atoms with E-state index in [0.29, 0.717) is 5.56 Å². The maximum Gasteiger partial charge on any atom is 0.305 e. The maximum absolute atomic E-state index is 12.7. The van der Waals surface area contributed by atoms with E-state index in [-0.39, 0.29) is 23.8 Å².